The van der Waals surface area contributed by atoms with E-state index in [1.807, 2.05) is 69.2 Å². The van der Waals surface area contributed by atoms with Gasteiger partial charge in [0.2, 0.25) is 0 Å². The van der Waals surface area contributed by atoms with Gasteiger partial charge in [0.05, 0.1) is 48.8 Å². The minimum Gasteiger partial charge on any atom is -0.376 e. The molecular weight excluding hydrogens is 368 g/mol. The van der Waals surface area contributed by atoms with Crippen molar-refractivity contribution in [3.63, 3.8) is 0 Å². The van der Waals surface area contributed by atoms with Crippen LogP contribution in [0.5, 0.6) is 0 Å². The summed E-state index contributed by atoms with van der Waals surface area (Å²) in [6.45, 7) is 22.2. The fourth-order valence-electron chi connectivity index (χ4n) is 3.43. The Kier molecular flexibility index (Phi) is 14.3. The molecule has 0 saturated carbocycles. The first-order valence-corrected chi connectivity index (χ1v) is 11.5. The highest BCUT2D eigenvalue weighted by molar-refractivity contribution is 5.80. The molecule has 0 rings (SSSR count). The first-order valence-electron chi connectivity index (χ1n) is 11.5. The fraction of sp³-hybridized carbons (Fsp3) is 0.958. The van der Waals surface area contributed by atoms with Gasteiger partial charge >= 0.3 is 0 Å². The van der Waals surface area contributed by atoms with E-state index in [4.69, 9.17) is 18.9 Å². The third-order valence-electron chi connectivity index (χ3n) is 4.41. The van der Waals surface area contributed by atoms with Crippen molar-refractivity contribution in [2.75, 3.05) is 0 Å². The Morgan fingerprint density at radius 1 is 0.586 bits per heavy atom. The second kappa shape index (κ2) is 14.5. The second-order valence-electron chi connectivity index (χ2n) is 9.55. The third-order valence-corrected chi connectivity index (χ3v) is 4.41. The van der Waals surface area contributed by atoms with E-state index in [1.165, 1.54) is 0 Å². The van der Waals surface area contributed by atoms with Gasteiger partial charge in [0.15, 0.2) is 0 Å². The Hall–Kier alpha value is -0.490. The SMILES string of the molecule is CC(C)OC(C)CC(OC(C)C)C(CC(CC(=O)C(C)C)OC(C)C)OC(C)C. The van der Waals surface area contributed by atoms with Crippen LogP contribution in [0.4, 0.5) is 0 Å². The van der Waals surface area contributed by atoms with Crippen LogP contribution in [0.25, 0.3) is 0 Å². The van der Waals surface area contributed by atoms with Crippen molar-refractivity contribution in [3.05, 3.63) is 0 Å². The molecule has 5 heteroatoms. The first kappa shape index (κ1) is 28.5. The molecule has 0 aromatic rings. The van der Waals surface area contributed by atoms with E-state index in [0.29, 0.717) is 12.8 Å². The lowest BCUT2D eigenvalue weighted by molar-refractivity contribution is -0.149. The van der Waals surface area contributed by atoms with E-state index < -0.39 is 0 Å². The molecule has 4 unspecified atom stereocenters. The molecule has 0 spiro atoms. The fourth-order valence-corrected chi connectivity index (χ4v) is 3.43. The maximum atomic E-state index is 12.4. The molecule has 0 fully saturated rings. The van der Waals surface area contributed by atoms with Crippen LogP contribution in [0.15, 0.2) is 0 Å². The molecular formula is C24H48O5. The average Bonchev–Trinajstić information content (AvgIpc) is 2.50. The van der Waals surface area contributed by atoms with Crippen LogP contribution in [0.3, 0.4) is 0 Å². The van der Waals surface area contributed by atoms with E-state index in [9.17, 15) is 4.79 Å². The maximum absolute atomic E-state index is 12.4. The lowest BCUT2D eigenvalue weighted by Crippen LogP contribution is -2.41. The Labute approximate surface area is 180 Å². The molecule has 0 aliphatic carbocycles. The molecule has 0 aromatic carbocycles. The maximum Gasteiger partial charge on any atom is 0.138 e. The van der Waals surface area contributed by atoms with Crippen molar-refractivity contribution in [2.45, 2.75) is 144 Å². The van der Waals surface area contributed by atoms with Gasteiger partial charge in [-0.05, 0) is 62.3 Å². The number of carbonyl (C=O) groups excluding carboxylic acids is 1. The molecule has 0 aliphatic heterocycles. The summed E-state index contributed by atoms with van der Waals surface area (Å²) in [7, 11) is 0. The van der Waals surface area contributed by atoms with E-state index in [2.05, 4.69) is 6.92 Å². The molecule has 0 N–H and O–H groups in total. The summed E-state index contributed by atoms with van der Waals surface area (Å²) < 4.78 is 24.7. The highest BCUT2D eigenvalue weighted by atomic mass is 16.6. The number of hydrogen-bond donors (Lipinski definition) is 0. The summed E-state index contributed by atoms with van der Waals surface area (Å²) in [5, 5.41) is 0. The Morgan fingerprint density at radius 2 is 1.00 bits per heavy atom. The Bertz CT molecular complexity index is 431. The summed E-state index contributed by atoms with van der Waals surface area (Å²) in [5.74, 6) is 0.219. The van der Waals surface area contributed by atoms with Crippen LogP contribution in [0.1, 0.15) is 95.4 Å². The van der Waals surface area contributed by atoms with Crippen molar-refractivity contribution in [2.24, 2.45) is 5.92 Å². The summed E-state index contributed by atoms with van der Waals surface area (Å²) in [4.78, 5) is 12.4. The molecule has 174 valence electrons. The monoisotopic (exact) mass is 416 g/mol. The van der Waals surface area contributed by atoms with Gasteiger partial charge in [-0.3, -0.25) is 4.79 Å². The zero-order valence-electron chi connectivity index (χ0n) is 20.9. The molecule has 5 nitrogen and oxygen atoms in total. The summed E-state index contributed by atoms with van der Waals surface area (Å²) >= 11 is 0. The molecule has 0 amide bonds. The first-order chi connectivity index (χ1) is 13.3. The van der Waals surface area contributed by atoms with Gasteiger partial charge in [0.25, 0.3) is 0 Å². The van der Waals surface area contributed by atoms with Crippen molar-refractivity contribution in [3.8, 4) is 0 Å². The van der Waals surface area contributed by atoms with Crippen molar-refractivity contribution in [1.82, 2.24) is 0 Å². The Morgan fingerprint density at radius 3 is 1.38 bits per heavy atom. The normalized spacial score (nSPS) is 16.8. The van der Waals surface area contributed by atoms with E-state index in [-0.39, 0.29) is 60.5 Å². The lowest BCUT2D eigenvalue weighted by Gasteiger charge is -2.35. The van der Waals surface area contributed by atoms with Crippen LogP contribution < -0.4 is 0 Å². The predicted molar refractivity (Wildman–Crippen MR) is 119 cm³/mol. The number of rotatable bonds is 16. The molecule has 0 aliphatic rings. The molecule has 0 bridgehead atoms. The van der Waals surface area contributed by atoms with Crippen LogP contribution in [0.2, 0.25) is 0 Å². The molecule has 0 heterocycles. The highest BCUT2D eigenvalue weighted by Gasteiger charge is 2.31. The molecule has 0 radical (unpaired) electrons. The van der Waals surface area contributed by atoms with Gasteiger partial charge in [0, 0.05) is 25.2 Å². The number of Topliss-reactive ketones (excluding diaryl/α,β-unsaturated/α-hetero) is 1. The van der Waals surface area contributed by atoms with Crippen LogP contribution >= 0.6 is 0 Å². The summed E-state index contributed by atoms with van der Waals surface area (Å²) in [6, 6.07) is 0. The Balaban J connectivity index is 5.51. The van der Waals surface area contributed by atoms with Gasteiger partial charge < -0.3 is 18.9 Å². The van der Waals surface area contributed by atoms with Gasteiger partial charge in [0.1, 0.15) is 5.78 Å². The molecule has 0 saturated heterocycles. The summed E-state index contributed by atoms with van der Waals surface area (Å²) in [5.41, 5.74) is 0. The number of ether oxygens (including phenoxy) is 4. The largest absolute Gasteiger partial charge is 0.376 e. The smallest absolute Gasteiger partial charge is 0.138 e. The van der Waals surface area contributed by atoms with Crippen molar-refractivity contribution >= 4 is 5.78 Å². The van der Waals surface area contributed by atoms with E-state index in [1.54, 1.807) is 0 Å². The van der Waals surface area contributed by atoms with Gasteiger partial charge in [-0.15, -0.1) is 0 Å². The van der Waals surface area contributed by atoms with Crippen molar-refractivity contribution in [1.29, 1.82) is 0 Å². The topological polar surface area (TPSA) is 54.0 Å². The average molecular weight is 417 g/mol. The van der Waals surface area contributed by atoms with E-state index >= 15 is 0 Å². The second-order valence-corrected chi connectivity index (χ2v) is 9.55. The molecule has 0 aromatic heterocycles. The minimum atomic E-state index is -0.187. The van der Waals surface area contributed by atoms with Crippen LogP contribution in [-0.4, -0.2) is 54.6 Å². The highest BCUT2D eigenvalue weighted by Crippen LogP contribution is 2.24. The molecule has 29 heavy (non-hydrogen) atoms. The standard InChI is InChI=1S/C24H48O5/c1-15(2)22(25)13-21(27-17(5)6)14-24(29-19(9)10)23(28-18(7)8)12-20(11)26-16(3)4/h15-21,23-24H,12-14H2,1-11H3. The quantitative estimate of drug-likeness (QED) is 0.329. The lowest BCUT2D eigenvalue weighted by atomic mass is 9.95. The number of ketones is 1. The van der Waals surface area contributed by atoms with Gasteiger partial charge in [-0.1, -0.05) is 13.8 Å². The third kappa shape index (κ3) is 14.2. The van der Waals surface area contributed by atoms with E-state index in [0.717, 1.165) is 6.42 Å². The minimum absolute atomic E-state index is 0.0000886. The zero-order chi connectivity index (χ0) is 22.7. The number of hydrogen-bond acceptors (Lipinski definition) is 5. The van der Waals surface area contributed by atoms with Gasteiger partial charge in [-0.2, -0.15) is 0 Å². The van der Waals surface area contributed by atoms with Gasteiger partial charge in [-0.25, -0.2) is 0 Å². The predicted octanol–water partition coefficient (Wildman–Crippen LogP) is 5.58. The number of carbonyl (C=O) groups is 1. The zero-order valence-corrected chi connectivity index (χ0v) is 20.9. The summed E-state index contributed by atoms with van der Waals surface area (Å²) in [6.07, 6.45) is 1.68. The van der Waals surface area contributed by atoms with Crippen molar-refractivity contribution < 1.29 is 23.7 Å². The molecule has 4 atom stereocenters. The van der Waals surface area contributed by atoms with Crippen LogP contribution in [-0.2, 0) is 23.7 Å². The van der Waals surface area contributed by atoms with Crippen LogP contribution in [0, 0.1) is 5.92 Å².